The Morgan fingerprint density at radius 2 is 1.59 bits per heavy atom. The van der Waals surface area contributed by atoms with Gasteiger partial charge in [-0.2, -0.15) is 0 Å². The topological polar surface area (TPSA) is 83.5 Å². The molecule has 7 fully saturated rings. The summed E-state index contributed by atoms with van der Waals surface area (Å²) in [5, 5.41) is 14.3. The van der Waals surface area contributed by atoms with Gasteiger partial charge in [0.2, 0.25) is 5.91 Å². The molecule has 0 aliphatic heterocycles. The molecule has 5 nitrogen and oxygen atoms in total. The second-order valence-corrected chi connectivity index (χ2v) is 13.9. The van der Waals surface area contributed by atoms with Gasteiger partial charge in [-0.25, -0.2) is 8.42 Å². The van der Waals surface area contributed by atoms with E-state index >= 15 is 0 Å². The third-order valence-corrected chi connectivity index (χ3v) is 11.5. The fraction of sp³-hybridized carbons (Fsp3) is 0.957. The molecule has 164 valence electrons. The normalized spacial score (nSPS) is 48.1. The fourth-order valence-electron chi connectivity index (χ4n) is 8.02. The van der Waals surface area contributed by atoms with Gasteiger partial charge >= 0.3 is 0 Å². The molecule has 2 unspecified atom stereocenters. The number of carbonyl (C=O) groups excluding carboxylic acids is 1. The van der Waals surface area contributed by atoms with Gasteiger partial charge in [0.15, 0.2) is 0 Å². The number of nitrogens with one attached hydrogen (secondary N) is 1. The predicted molar refractivity (Wildman–Crippen MR) is 112 cm³/mol. The van der Waals surface area contributed by atoms with Crippen LogP contribution in [0.5, 0.6) is 0 Å². The van der Waals surface area contributed by atoms with Crippen molar-refractivity contribution in [2.24, 2.45) is 28.6 Å². The average Bonchev–Trinajstić information content (AvgIpc) is 2.69. The number of aliphatic hydroxyl groups is 1. The first-order valence-corrected chi connectivity index (χ1v) is 13.7. The van der Waals surface area contributed by atoms with Crippen LogP contribution in [0.25, 0.3) is 0 Å². The molecule has 0 aromatic carbocycles. The Hall–Kier alpha value is -0.620. The molecule has 7 aliphatic carbocycles. The number of carbonyl (C=O) groups is 1. The Bertz CT molecular complexity index is 750. The minimum Gasteiger partial charge on any atom is -0.390 e. The minimum absolute atomic E-state index is 0.149. The van der Waals surface area contributed by atoms with E-state index in [1.807, 2.05) is 0 Å². The zero-order chi connectivity index (χ0) is 20.5. The van der Waals surface area contributed by atoms with Crippen LogP contribution in [0.15, 0.2) is 0 Å². The van der Waals surface area contributed by atoms with Crippen molar-refractivity contribution < 1.29 is 18.3 Å². The zero-order valence-corrected chi connectivity index (χ0v) is 18.6. The molecule has 0 aromatic heterocycles. The maximum atomic E-state index is 13.4. The van der Waals surface area contributed by atoms with Crippen molar-refractivity contribution in [2.75, 3.05) is 11.5 Å². The Kier molecular flexibility index (Phi) is 4.68. The highest BCUT2D eigenvalue weighted by atomic mass is 32.2. The lowest BCUT2D eigenvalue weighted by Crippen LogP contribution is -2.63. The SMILES string of the molecule is CCS(=O)(=O)CCC12CCC(C(=O)NC3C4CC5CC3CC(O)(C5)C4)(CC1)CC2. The molecule has 0 spiro atoms. The largest absolute Gasteiger partial charge is 0.390 e. The van der Waals surface area contributed by atoms with Gasteiger partial charge in [-0.05, 0) is 100 Å². The van der Waals surface area contributed by atoms with Crippen LogP contribution < -0.4 is 5.32 Å². The summed E-state index contributed by atoms with van der Waals surface area (Å²) >= 11 is 0. The molecule has 2 N–H and O–H groups in total. The molecule has 7 rings (SSSR count). The Labute approximate surface area is 175 Å². The summed E-state index contributed by atoms with van der Waals surface area (Å²) in [7, 11) is -2.92. The molecule has 0 heterocycles. The van der Waals surface area contributed by atoms with E-state index in [4.69, 9.17) is 0 Å². The third kappa shape index (κ3) is 3.46. The second kappa shape index (κ2) is 6.69. The van der Waals surface area contributed by atoms with Crippen LogP contribution in [0.2, 0.25) is 0 Å². The van der Waals surface area contributed by atoms with Crippen LogP contribution in [-0.2, 0) is 14.6 Å². The van der Waals surface area contributed by atoms with Crippen LogP contribution in [-0.4, -0.2) is 42.6 Å². The predicted octanol–water partition coefficient (Wildman–Crippen LogP) is 3.21. The minimum atomic E-state index is -2.92. The first-order chi connectivity index (χ1) is 13.7. The zero-order valence-electron chi connectivity index (χ0n) is 17.8. The monoisotopic (exact) mass is 423 g/mol. The van der Waals surface area contributed by atoms with Gasteiger partial charge in [-0.3, -0.25) is 4.79 Å². The average molecular weight is 424 g/mol. The number of hydrogen-bond donors (Lipinski definition) is 2. The lowest BCUT2D eigenvalue weighted by atomic mass is 9.51. The van der Waals surface area contributed by atoms with Crippen molar-refractivity contribution in [1.82, 2.24) is 5.32 Å². The van der Waals surface area contributed by atoms with Crippen molar-refractivity contribution in [2.45, 2.75) is 95.6 Å². The smallest absolute Gasteiger partial charge is 0.226 e. The van der Waals surface area contributed by atoms with E-state index in [0.29, 0.717) is 23.5 Å². The van der Waals surface area contributed by atoms with Crippen LogP contribution in [0.3, 0.4) is 0 Å². The molecule has 0 aromatic rings. The summed E-state index contributed by atoms with van der Waals surface area (Å²) in [5.41, 5.74) is -0.531. The van der Waals surface area contributed by atoms with Crippen LogP contribution in [0, 0.1) is 28.6 Å². The Morgan fingerprint density at radius 3 is 2.10 bits per heavy atom. The van der Waals surface area contributed by atoms with Gasteiger partial charge in [0.05, 0.1) is 11.4 Å². The maximum Gasteiger partial charge on any atom is 0.226 e. The second-order valence-electron chi connectivity index (χ2n) is 11.5. The summed E-state index contributed by atoms with van der Waals surface area (Å²) in [6, 6.07) is 0.261. The van der Waals surface area contributed by atoms with Crippen molar-refractivity contribution in [3.05, 3.63) is 0 Å². The summed E-state index contributed by atoms with van der Waals surface area (Å²) in [6.45, 7) is 1.73. The van der Waals surface area contributed by atoms with E-state index in [1.165, 1.54) is 12.8 Å². The highest BCUT2D eigenvalue weighted by molar-refractivity contribution is 7.91. The molecule has 7 saturated carbocycles. The van der Waals surface area contributed by atoms with Crippen molar-refractivity contribution >= 4 is 15.7 Å². The molecule has 7 aliphatic rings. The summed E-state index contributed by atoms with van der Waals surface area (Å²) < 4.78 is 23.9. The third-order valence-electron chi connectivity index (χ3n) is 9.81. The van der Waals surface area contributed by atoms with E-state index < -0.39 is 15.4 Å². The highest BCUT2D eigenvalue weighted by Gasteiger charge is 2.57. The van der Waals surface area contributed by atoms with Gasteiger partial charge < -0.3 is 10.4 Å². The first kappa shape index (κ1) is 20.3. The van der Waals surface area contributed by atoms with Crippen LogP contribution in [0.1, 0.15) is 84.0 Å². The number of sulfone groups is 1. The lowest BCUT2D eigenvalue weighted by molar-refractivity contribution is -0.156. The molecule has 0 saturated heterocycles. The van der Waals surface area contributed by atoms with Gasteiger partial charge in [-0.15, -0.1) is 0 Å². The number of amides is 1. The van der Waals surface area contributed by atoms with E-state index in [0.717, 1.165) is 64.2 Å². The molecule has 0 radical (unpaired) electrons. The van der Waals surface area contributed by atoms with Crippen molar-refractivity contribution in [3.63, 3.8) is 0 Å². The molecule has 1 amide bonds. The van der Waals surface area contributed by atoms with Crippen LogP contribution >= 0.6 is 0 Å². The summed E-state index contributed by atoms with van der Waals surface area (Å²) in [4.78, 5) is 13.4. The molecule has 2 atom stereocenters. The molecule has 6 heteroatoms. The summed E-state index contributed by atoms with van der Waals surface area (Å²) in [5.74, 6) is 2.37. The standard InChI is InChI=1S/C23H37NO4S/c1-2-29(27,28)10-9-21-3-6-22(7-4-21,8-5-21)20(25)24-19-17-11-16-12-18(19)15-23(26,13-16)14-17/h16-19,26H,2-15H2,1H3,(H,24,25). The molecular formula is C23H37NO4S. The lowest BCUT2D eigenvalue weighted by Gasteiger charge is -2.59. The van der Waals surface area contributed by atoms with E-state index in [9.17, 15) is 18.3 Å². The first-order valence-electron chi connectivity index (χ1n) is 11.9. The van der Waals surface area contributed by atoms with Gasteiger partial charge in [0.1, 0.15) is 9.84 Å². The van der Waals surface area contributed by atoms with E-state index in [-0.39, 0.29) is 28.5 Å². The fourth-order valence-corrected chi connectivity index (χ4v) is 9.05. The Balaban J connectivity index is 1.22. The van der Waals surface area contributed by atoms with Gasteiger partial charge in [-0.1, -0.05) is 6.92 Å². The number of hydrogen-bond acceptors (Lipinski definition) is 4. The van der Waals surface area contributed by atoms with Crippen molar-refractivity contribution in [1.29, 1.82) is 0 Å². The molecular weight excluding hydrogens is 386 g/mol. The molecule has 29 heavy (non-hydrogen) atoms. The number of rotatable bonds is 6. The number of fused-ring (bicyclic) bond motifs is 3. The molecule has 6 bridgehead atoms. The Morgan fingerprint density at radius 1 is 1.00 bits per heavy atom. The van der Waals surface area contributed by atoms with Crippen molar-refractivity contribution in [3.8, 4) is 0 Å². The maximum absolute atomic E-state index is 13.4. The van der Waals surface area contributed by atoms with Gasteiger partial charge in [0, 0.05) is 17.2 Å². The van der Waals surface area contributed by atoms with E-state index in [1.54, 1.807) is 6.92 Å². The highest BCUT2D eigenvalue weighted by Crippen LogP contribution is 2.59. The van der Waals surface area contributed by atoms with Gasteiger partial charge in [0.25, 0.3) is 0 Å². The van der Waals surface area contributed by atoms with E-state index in [2.05, 4.69) is 5.32 Å². The van der Waals surface area contributed by atoms with Crippen LogP contribution in [0.4, 0.5) is 0 Å². The quantitative estimate of drug-likeness (QED) is 0.687. The summed E-state index contributed by atoms with van der Waals surface area (Å²) in [6.07, 6.45) is 11.6.